The zero-order chi connectivity index (χ0) is 12.8. The fourth-order valence-electron chi connectivity index (χ4n) is 2.38. The van der Waals surface area contributed by atoms with Crippen LogP contribution in [0.4, 0.5) is 5.13 Å². The van der Waals surface area contributed by atoms with Crippen LogP contribution in [-0.2, 0) is 0 Å². The summed E-state index contributed by atoms with van der Waals surface area (Å²) in [5, 5.41) is 2.74. The number of unbranched alkanes of at least 4 members (excludes halogenated alkanes) is 3. The zero-order valence-electron chi connectivity index (χ0n) is 12.0. The highest BCUT2D eigenvalue weighted by Crippen LogP contribution is 2.23. The minimum atomic E-state index is 0. The van der Waals surface area contributed by atoms with Gasteiger partial charge in [-0.1, -0.05) is 32.3 Å². The first kappa shape index (κ1) is 19.7. The summed E-state index contributed by atoms with van der Waals surface area (Å²) in [4.78, 5) is 6.92. The number of aromatic nitrogens is 1. The second-order valence-electron chi connectivity index (χ2n) is 4.93. The Bertz CT molecular complexity index is 407. The van der Waals surface area contributed by atoms with Crippen LogP contribution in [-0.4, -0.2) is 29.5 Å². The lowest BCUT2D eigenvalue weighted by atomic mass is 10.1. The molecule has 0 aromatic carbocycles. The number of rotatable bonds is 6. The van der Waals surface area contributed by atoms with Crippen LogP contribution in [0.3, 0.4) is 0 Å². The van der Waals surface area contributed by atoms with Crippen molar-refractivity contribution in [3.63, 3.8) is 0 Å². The van der Waals surface area contributed by atoms with Crippen LogP contribution in [0.2, 0.25) is 0 Å². The van der Waals surface area contributed by atoms with Crippen molar-refractivity contribution >= 4 is 46.9 Å². The van der Waals surface area contributed by atoms with Gasteiger partial charge in [0.1, 0.15) is 0 Å². The highest BCUT2D eigenvalue weighted by molar-refractivity contribution is 7.13. The van der Waals surface area contributed by atoms with Crippen LogP contribution < -0.4 is 5.73 Å². The fraction of sp³-hybridized carbons (Fsp3) is 0.643. The Morgan fingerprint density at radius 3 is 2.75 bits per heavy atom. The second-order valence-corrected chi connectivity index (χ2v) is 5.82. The van der Waals surface area contributed by atoms with Gasteiger partial charge in [-0.3, -0.25) is 4.90 Å². The fourth-order valence-corrected chi connectivity index (χ4v) is 2.97. The quantitative estimate of drug-likeness (QED) is 0.789. The van der Waals surface area contributed by atoms with Crippen LogP contribution in [0.25, 0.3) is 5.57 Å². The van der Waals surface area contributed by atoms with E-state index in [-0.39, 0.29) is 24.8 Å². The molecule has 1 aromatic rings. The number of nitrogens with zero attached hydrogens (tertiary/aromatic N) is 2. The van der Waals surface area contributed by atoms with Gasteiger partial charge in [-0.25, -0.2) is 4.98 Å². The van der Waals surface area contributed by atoms with E-state index in [0.717, 1.165) is 18.7 Å². The minimum absolute atomic E-state index is 0. The van der Waals surface area contributed by atoms with Crippen LogP contribution in [0.15, 0.2) is 11.5 Å². The maximum absolute atomic E-state index is 5.70. The Kier molecular flexibility index (Phi) is 10.3. The highest BCUT2D eigenvalue weighted by atomic mass is 35.5. The molecule has 2 rings (SSSR count). The number of nitrogens with two attached hydrogens (primary N) is 1. The topological polar surface area (TPSA) is 42.1 Å². The molecule has 0 radical (unpaired) electrons. The molecule has 0 unspecified atom stereocenters. The second kappa shape index (κ2) is 10.4. The van der Waals surface area contributed by atoms with Crippen molar-refractivity contribution in [3.05, 3.63) is 17.2 Å². The average Bonchev–Trinajstić information content (AvgIpc) is 2.82. The van der Waals surface area contributed by atoms with Crippen molar-refractivity contribution in [2.75, 3.05) is 25.4 Å². The molecule has 116 valence electrons. The van der Waals surface area contributed by atoms with Crippen LogP contribution in [0, 0.1) is 0 Å². The summed E-state index contributed by atoms with van der Waals surface area (Å²) in [5.41, 5.74) is 8.13. The van der Waals surface area contributed by atoms with Gasteiger partial charge < -0.3 is 5.73 Å². The first-order valence-electron chi connectivity index (χ1n) is 6.92. The SMILES string of the molecule is CCCCCCN1CCC=C(c2csc(N)n2)C1.Cl.Cl. The molecule has 1 aromatic heterocycles. The molecule has 0 saturated carbocycles. The predicted molar refractivity (Wildman–Crippen MR) is 94.2 cm³/mol. The molecular formula is C14H25Cl2N3S. The molecule has 20 heavy (non-hydrogen) atoms. The van der Waals surface area contributed by atoms with Gasteiger partial charge in [-0.15, -0.1) is 36.2 Å². The van der Waals surface area contributed by atoms with E-state index in [0.29, 0.717) is 5.13 Å². The van der Waals surface area contributed by atoms with Crippen molar-refractivity contribution in [2.24, 2.45) is 0 Å². The largest absolute Gasteiger partial charge is 0.375 e. The maximum atomic E-state index is 5.70. The van der Waals surface area contributed by atoms with E-state index in [4.69, 9.17) is 5.73 Å². The van der Waals surface area contributed by atoms with Gasteiger partial charge in [0.25, 0.3) is 0 Å². The van der Waals surface area contributed by atoms with Gasteiger partial charge in [0.05, 0.1) is 5.69 Å². The number of halogens is 2. The highest BCUT2D eigenvalue weighted by Gasteiger charge is 2.15. The van der Waals surface area contributed by atoms with Crippen molar-refractivity contribution in [1.29, 1.82) is 0 Å². The molecule has 1 aliphatic rings. The molecule has 0 spiro atoms. The summed E-state index contributed by atoms with van der Waals surface area (Å²) in [7, 11) is 0. The summed E-state index contributed by atoms with van der Waals surface area (Å²) >= 11 is 1.53. The number of hydrogen-bond donors (Lipinski definition) is 1. The van der Waals surface area contributed by atoms with Crippen molar-refractivity contribution < 1.29 is 0 Å². The van der Waals surface area contributed by atoms with Gasteiger partial charge >= 0.3 is 0 Å². The maximum Gasteiger partial charge on any atom is 0.180 e. The molecule has 3 nitrogen and oxygen atoms in total. The first-order valence-corrected chi connectivity index (χ1v) is 7.80. The zero-order valence-corrected chi connectivity index (χ0v) is 14.5. The molecule has 0 saturated heterocycles. The van der Waals surface area contributed by atoms with Crippen molar-refractivity contribution in [1.82, 2.24) is 9.88 Å². The van der Waals surface area contributed by atoms with Gasteiger partial charge in [-0.05, 0) is 25.0 Å². The Labute approximate surface area is 138 Å². The molecular weight excluding hydrogens is 313 g/mol. The summed E-state index contributed by atoms with van der Waals surface area (Å²) in [5.74, 6) is 0. The lowest BCUT2D eigenvalue weighted by molar-refractivity contribution is 0.296. The van der Waals surface area contributed by atoms with E-state index in [2.05, 4.69) is 28.3 Å². The summed E-state index contributed by atoms with van der Waals surface area (Å²) in [6.45, 7) is 5.70. The van der Waals surface area contributed by atoms with Crippen molar-refractivity contribution in [3.8, 4) is 0 Å². The molecule has 0 aliphatic carbocycles. The lowest BCUT2D eigenvalue weighted by Gasteiger charge is -2.26. The number of thiazole rings is 1. The predicted octanol–water partition coefficient (Wildman–Crippen LogP) is 4.24. The Balaban J connectivity index is 0.00000180. The van der Waals surface area contributed by atoms with Crippen LogP contribution in [0.1, 0.15) is 44.7 Å². The molecule has 1 aliphatic heterocycles. The number of nitrogen functional groups attached to an aromatic ring is 1. The average molecular weight is 338 g/mol. The molecule has 2 heterocycles. The van der Waals surface area contributed by atoms with Crippen LogP contribution in [0.5, 0.6) is 0 Å². The van der Waals surface area contributed by atoms with E-state index in [9.17, 15) is 0 Å². The third-order valence-electron chi connectivity index (χ3n) is 3.41. The Hall–Kier alpha value is -0.290. The summed E-state index contributed by atoms with van der Waals surface area (Å²) in [6, 6.07) is 0. The van der Waals surface area contributed by atoms with E-state index in [1.165, 1.54) is 55.7 Å². The minimum Gasteiger partial charge on any atom is -0.375 e. The monoisotopic (exact) mass is 337 g/mol. The van der Waals surface area contributed by atoms with Crippen molar-refractivity contribution in [2.45, 2.75) is 39.0 Å². The standard InChI is InChI=1S/C14H23N3S.2ClH/c1-2-3-4-5-8-17-9-6-7-12(10-17)13-11-18-14(15)16-13;;/h7,11H,2-6,8-10H2,1H3,(H2,15,16);2*1H. The Morgan fingerprint density at radius 1 is 1.30 bits per heavy atom. The summed E-state index contributed by atoms with van der Waals surface area (Å²) < 4.78 is 0. The smallest absolute Gasteiger partial charge is 0.180 e. The summed E-state index contributed by atoms with van der Waals surface area (Å²) in [6.07, 6.45) is 8.80. The van der Waals surface area contributed by atoms with E-state index in [1.54, 1.807) is 0 Å². The lowest BCUT2D eigenvalue weighted by Crippen LogP contribution is -2.30. The van der Waals surface area contributed by atoms with E-state index in [1.807, 2.05) is 0 Å². The third-order valence-corrected chi connectivity index (χ3v) is 4.08. The number of anilines is 1. The normalized spacial score (nSPS) is 15.2. The van der Waals surface area contributed by atoms with E-state index >= 15 is 0 Å². The van der Waals surface area contributed by atoms with Gasteiger partial charge in [0.15, 0.2) is 5.13 Å². The molecule has 0 fully saturated rings. The third kappa shape index (κ3) is 6.00. The molecule has 0 amide bonds. The van der Waals surface area contributed by atoms with E-state index < -0.39 is 0 Å². The molecule has 0 bridgehead atoms. The van der Waals surface area contributed by atoms with Crippen LogP contribution >= 0.6 is 36.2 Å². The molecule has 6 heteroatoms. The first-order chi connectivity index (χ1) is 8.79. The Morgan fingerprint density at radius 2 is 2.10 bits per heavy atom. The van der Waals surface area contributed by atoms with Gasteiger partial charge in [-0.2, -0.15) is 0 Å². The molecule has 2 N–H and O–H groups in total. The molecule has 0 atom stereocenters. The number of hydrogen-bond acceptors (Lipinski definition) is 4. The van der Waals surface area contributed by atoms with Gasteiger partial charge in [0, 0.05) is 18.5 Å². The van der Waals surface area contributed by atoms with Gasteiger partial charge in [0.2, 0.25) is 0 Å².